The molecule has 0 spiro atoms. The van der Waals surface area contributed by atoms with Gasteiger partial charge in [-0.05, 0) is 48.5 Å². The minimum atomic E-state index is -4.78. The number of alkyl halides is 3. The summed E-state index contributed by atoms with van der Waals surface area (Å²) in [5, 5.41) is 6.31. The molecule has 0 saturated carbocycles. The van der Waals surface area contributed by atoms with Crippen LogP contribution in [0.25, 0.3) is 11.3 Å². The van der Waals surface area contributed by atoms with Crippen molar-refractivity contribution in [1.29, 1.82) is 0 Å². The molecule has 0 aliphatic heterocycles. The number of carbonyl (C=O) groups is 1. The summed E-state index contributed by atoms with van der Waals surface area (Å²) in [6.07, 6.45) is -4.88. The van der Waals surface area contributed by atoms with Crippen LogP contribution in [0.4, 0.5) is 23.2 Å². The van der Waals surface area contributed by atoms with Crippen LogP contribution in [0.5, 0.6) is 5.75 Å². The normalized spacial score (nSPS) is 11.3. The number of rotatable bonds is 5. The first-order chi connectivity index (χ1) is 12.8. The van der Waals surface area contributed by atoms with E-state index in [0.29, 0.717) is 22.7 Å². The molecule has 5 nitrogen and oxygen atoms in total. The molecule has 3 rings (SSSR count). The Bertz CT molecular complexity index is 919. The second-order valence-corrected chi connectivity index (χ2v) is 5.49. The fraction of sp³-hybridized carbons (Fsp3) is 0.111. The molecular formula is C18H12F4N2O3. The molecule has 0 unspecified atom stereocenters. The third-order valence-corrected chi connectivity index (χ3v) is 3.40. The van der Waals surface area contributed by atoms with Crippen LogP contribution in [-0.2, 0) is 11.2 Å². The van der Waals surface area contributed by atoms with Crippen molar-refractivity contribution in [2.75, 3.05) is 5.32 Å². The van der Waals surface area contributed by atoms with Gasteiger partial charge < -0.3 is 14.6 Å². The van der Waals surface area contributed by atoms with E-state index in [-0.39, 0.29) is 18.0 Å². The van der Waals surface area contributed by atoms with Gasteiger partial charge in [0.25, 0.3) is 0 Å². The van der Waals surface area contributed by atoms with Crippen molar-refractivity contribution in [2.24, 2.45) is 0 Å². The Balaban J connectivity index is 1.59. The standard InChI is InChI=1S/C18H12F4N2O3/c19-12-3-1-11(2-4-12)16-9-14(24-27-16)10-17(25)23-13-5-7-15(8-6-13)26-18(20,21)22/h1-9H,10H2,(H,23,25). The molecule has 0 aliphatic rings. The zero-order chi connectivity index (χ0) is 19.4. The van der Waals surface area contributed by atoms with Crippen LogP contribution in [0, 0.1) is 5.82 Å². The fourth-order valence-electron chi connectivity index (χ4n) is 2.25. The first-order valence-electron chi connectivity index (χ1n) is 7.66. The van der Waals surface area contributed by atoms with Gasteiger partial charge in [0.15, 0.2) is 5.76 Å². The van der Waals surface area contributed by atoms with Crippen molar-refractivity contribution in [1.82, 2.24) is 5.16 Å². The lowest BCUT2D eigenvalue weighted by Gasteiger charge is -2.09. The third-order valence-electron chi connectivity index (χ3n) is 3.40. The van der Waals surface area contributed by atoms with Gasteiger partial charge in [-0.3, -0.25) is 4.79 Å². The maximum absolute atomic E-state index is 12.9. The van der Waals surface area contributed by atoms with E-state index in [2.05, 4.69) is 15.2 Å². The summed E-state index contributed by atoms with van der Waals surface area (Å²) in [4.78, 5) is 12.0. The molecule has 0 saturated heterocycles. The molecule has 9 heteroatoms. The lowest BCUT2D eigenvalue weighted by atomic mass is 10.1. The Morgan fingerprint density at radius 2 is 1.74 bits per heavy atom. The number of amides is 1. The Morgan fingerprint density at radius 3 is 2.37 bits per heavy atom. The number of hydrogen-bond donors (Lipinski definition) is 1. The van der Waals surface area contributed by atoms with Crippen LogP contribution in [-0.4, -0.2) is 17.4 Å². The molecule has 0 atom stereocenters. The highest BCUT2D eigenvalue weighted by atomic mass is 19.4. The molecule has 0 radical (unpaired) electrons. The average Bonchev–Trinajstić information content (AvgIpc) is 3.04. The third kappa shape index (κ3) is 5.30. The second-order valence-electron chi connectivity index (χ2n) is 5.49. The fourth-order valence-corrected chi connectivity index (χ4v) is 2.25. The molecule has 27 heavy (non-hydrogen) atoms. The molecule has 0 fully saturated rings. The summed E-state index contributed by atoms with van der Waals surface area (Å²) in [6.45, 7) is 0. The highest BCUT2D eigenvalue weighted by Gasteiger charge is 2.30. The predicted molar refractivity (Wildman–Crippen MR) is 87.4 cm³/mol. The quantitative estimate of drug-likeness (QED) is 0.659. The minimum Gasteiger partial charge on any atom is -0.406 e. The maximum atomic E-state index is 12.9. The topological polar surface area (TPSA) is 64.4 Å². The van der Waals surface area contributed by atoms with E-state index in [1.54, 1.807) is 6.07 Å². The van der Waals surface area contributed by atoms with E-state index in [1.165, 1.54) is 36.4 Å². The lowest BCUT2D eigenvalue weighted by molar-refractivity contribution is -0.274. The van der Waals surface area contributed by atoms with Gasteiger partial charge in [0.1, 0.15) is 11.6 Å². The van der Waals surface area contributed by atoms with Crippen molar-refractivity contribution in [2.45, 2.75) is 12.8 Å². The van der Waals surface area contributed by atoms with Crippen LogP contribution < -0.4 is 10.1 Å². The van der Waals surface area contributed by atoms with E-state index in [9.17, 15) is 22.4 Å². The molecule has 1 N–H and O–H groups in total. The van der Waals surface area contributed by atoms with Gasteiger partial charge in [-0.2, -0.15) is 0 Å². The van der Waals surface area contributed by atoms with Gasteiger partial charge in [-0.1, -0.05) is 5.16 Å². The molecule has 2 aromatic carbocycles. The molecule has 1 amide bonds. The molecule has 3 aromatic rings. The molecule has 1 aromatic heterocycles. The highest BCUT2D eigenvalue weighted by molar-refractivity contribution is 5.92. The monoisotopic (exact) mass is 380 g/mol. The maximum Gasteiger partial charge on any atom is 0.573 e. The van der Waals surface area contributed by atoms with E-state index < -0.39 is 12.3 Å². The Morgan fingerprint density at radius 1 is 1.07 bits per heavy atom. The van der Waals surface area contributed by atoms with Gasteiger partial charge in [0.2, 0.25) is 5.91 Å². The zero-order valence-electron chi connectivity index (χ0n) is 13.6. The Labute approximate surface area is 150 Å². The number of nitrogens with zero attached hydrogens (tertiary/aromatic N) is 1. The van der Waals surface area contributed by atoms with E-state index >= 15 is 0 Å². The molecule has 140 valence electrons. The number of benzene rings is 2. The lowest BCUT2D eigenvalue weighted by Crippen LogP contribution is -2.17. The molecule has 0 bridgehead atoms. The van der Waals surface area contributed by atoms with Crippen molar-refractivity contribution in [3.8, 4) is 17.1 Å². The van der Waals surface area contributed by atoms with E-state index in [4.69, 9.17) is 4.52 Å². The number of nitrogens with one attached hydrogen (secondary N) is 1. The number of ether oxygens (including phenoxy) is 1. The zero-order valence-corrected chi connectivity index (χ0v) is 13.6. The summed E-state index contributed by atoms with van der Waals surface area (Å²) in [5.41, 5.74) is 1.26. The van der Waals surface area contributed by atoms with Gasteiger partial charge in [0.05, 0.1) is 12.1 Å². The Kier molecular flexibility index (Phi) is 5.11. The van der Waals surface area contributed by atoms with Crippen molar-refractivity contribution in [3.63, 3.8) is 0 Å². The minimum absolute atomic E-state index is 0.106. The summed E-state index contributed by atoms with van der Waals surface area (Å²) >= 11 is 0. The van der Waals surface area contributed by atoms with E-state index in [0.717, 1.165) is 12.1 Å². The highest BCUT2D eigenvalue weighted by Crippen LogP contribution is 2.24. The van der Waals surface area contributed by atoms with Gasteiger partial charge in [-0.25, -0.2) is 4.39 Å². The number of halogens is 4. The van der Waals surface area contributed by atoms with Gasteiger partial charge >= 0.3 is 6.36 Å². The average molecular weight is 380 g/mol. The van der Waals surface area contributed by atoms with Crippen molar-refractivity contribution < 1.29 is 31.6 Å². The van der Waals surface area contributed by atoms with Crippen LogP contribution in [0.1, 0.15) is 5.69 Å². The molecule has 0 aliphatic carbocycles. The summed E-state index contributed by atoms with van der Waals surface area (Å²) < 4.78 is 58.1. The number of hydrogen-bond acceptors (Lipinski definition) is 4. The number of anilines is 1. The number of carbonyl (C=O) groups excluding carboxylic acids is 1. The van der Waals surface area contributed by atoms with Gasteiger partial charge in [-0.15, -0.1) is 13.2 Å². The number of aromatic nitrogens is 1. The van der Waals surface area contributed by atoms with Gasteiger partial charge in [0, 0.05) is 17.3 Å². The summed E-state index contributed by atoms with van der Waals surface area (Å²) in [7, 11) is 0. The van der Waals surface area contributed by atoms with Crippen LogP contribution in [0.15, 0.2) is 59.1 Å². The SMILES string of the molecule is O=C(Cc1cc(-c2ccc(F)cc2)on1)Nc1ccc(OC(F)(F)F)cc1. The van der Waals surface area contributed by atoms with Crippen LogP contribution in [0.3, 0.4) is 0 Å². The van der Waals surface area contributed by atoms with Crippen LogP contribution in [0.2, 0.25) is 0 Å². The first kappa shape index (κ1) is 18.4. The molecular weight excluding hydrogens is 368 g/mol. The van der Waals surface area contributed by atoms with Crippen LogP contribution >= 0.6 is 0 Å². The first-order valence-corrected chi connectivity index (χ1v) is 7.66. The van der Waals surface area contributed by atoms with Crippen molar-refractivity contribution in [3.05, 3.63) is 66.1 Å². The molecule has 1 heterocycles. The largest absolute Gasteiger partial charge is 0.573 e. The Hall–Kier alpha value is -3.36. The van der Waals surface area contributed by atoms with E-state index in [1.807, 2.05) is 0 Å². The smallest absolute Gasteiger partial charge is 0.406 e. The summed E-state index contributed by atoms with van der Waals surface area (Å²) in [5.74, 6) is -0.824. The second kappa shape index (κ2) is 7.48. The predicted octanol–water partition coefficient (Wildman–Crippen LogP) is 4.56. The van der Waals surface area contributed by atoms with Crippen molar-refractivity contribution >= 4 is 11.6 Å². The summed E-state index contributed by atoms with van der Waals surface area (Å²) in [6, 6.07) is 11.9.